The number of hydrogen-bond donors (Lipinski definition) is 1. The summed E-state index contributed by atoms with van der Waals surface area (Å²) in [6.45, 7) is 2.57. The Morgan fingerprint density at radius 1 is 0.875 bits per heavy atom. The molecule has 176 valence electrons. The highest BCUT2D eigenvalue weighted by Crippen LogP contribution is 2.36. The van der Waals surface area contributed by atoms with E-state index in [1.54, 1.807) is 24.3 Å². The Balaban J connectivity index is 1.92. The van der Waals surface area contributed by atoms with Gasteiger partial charge in [0.25, 0.3) is 5.91 Å². The Hall–Kier alpha value is -2.71. The minimum Gasteiger partial charge on any atom is -0.494 e. The topological polar surface area (TPSA) is 38.3 Å². The predicted molar refractivity (Wildman–Crippen MR) is 109 cm³/mol. The number of carbonyl (C=O) groups excluding carboxylic acids is 1. The molecular weight excluding hydrogens is 436 g/mol. The highest BCUT2D eigenvalue weighted by molar-refractivity contribution is 5.94. The number of alkyl halides is 6. The van der Waals surface area contributed by atoms with E-state index in [-0.39, 0.29) is 24.6 Å². The van der Waals surface area contributed by atoms with Gasteiger partial charge in [-0.3, -0.25) is 4.79 Å². The van der Waals surface area contributed by atoms with Crippen LogP contribution in [0.3, 0.4) is 0 Å². The molecule has 0 spiro atoms. The second kappa shape index (κ2) is 11.2. The lowest BCUT2D eigenvalue weighted by atomic mass is 10.0. The molecule has 2 aromatic carbocycles. The van der Waals surface area contributed by atoms with Gasteiger partial charge in [0, 0.05) is 12.1 Å². The summed E-state index contributed by atoms with van der Waals surface area (Å²) in [5, 5.41) is 2.51. The highest BCUT2D eigenvalue weighted by atomic mass is 19.4. The standard InChI is InChI=1S/C23H25F6NO2/c1-2-3-4-5-12-32-20-8-6-17(7-9-20)21(31)30-11-10-16-13-18(22(24,25)26)15-19(14-16)23(27,28)29/h6-9,13-15H,2-5,10-12H2,1H3,(H,30,31). The molecule has 0 atom stereocenters. The number of carbonyl (C=O) groups is 1. The lowest BCUT2D eigenvalue weighted by molar-refractivity contribution is -0.143. The van der Waals surface area contributed by atoms with E-state index in [2.05, 4.69) is 12.2 Å². The molecule has 2 rings (SSSR count). The van der Waals surface area contributed by atoms with Gasteiger partial charge in [-0.1, -0.05) is 26.2 Å². The zero-order chi connectivity index (χ0) is 23.8. The molecule has 1 amide bonds. The number of halogens is 6. The molecule has 0 fully saturated rings. The van der Waals surface area contributed by atoms with Crippen molar-refractivity contribution in [1.29, 1.82) is 0 Å². The molecule has 0 radical (unpaired) electrons. The van der Waals surface area contributed by atoms with E-state index in [1.165, 1.54) is 0 Å². The molecule has 0 bridgehead atoms. The van der Waals surface area contributed by atoms with E-state index in [0.29, 0.717) is 30.1 Å². The third-order valence-corrected chi connectivity index (χ3v) is 4.73. The number of amides is 1. The average Bonchev–Trinajstić information content (AvgIpc) is 2.72. The minimum atomic E-state index is -4.90. The first-order valence-electron chi connectivity index (χ1n) is 10.3. The van der Waals surface area contributed by atoms with E-state index in [0.717, 1.165) is 25.7 Å². The van der Waals surface area contributed by atoms with Crippen molar-refractivity contribution in [1.82, 2.24) is 5.32 Å². The third kappa shape index (κ3) is 8.09. The maximum absolute atomic E-state index is 12.9. The van der Waals surface area contributed by atoms with E-state index >= 15 is 0 Å². The number of ether oxygens (including phenoxy) is 1. The first kappa shape index (κ1) is 25.5. The van der Waals surface area contributed by atoms with Crippen LogP contribution in [0.15, 0.2) is 42.5 Å². The summed E-state index contributed by atoms with van der Waals surface area (Å²) >= 11 is 0. The lowest BCUT2D eigenvalue weighted by Crippen LogP contribution is -2.25. The van der Waals surface area contributed by atoms with Crippen LogP contribution in [-0.4, -0.2) is 19.1 Å². The second-order valence-corrected chi connectivity index (χ2v) is 7.35. The van der Waals surface area contributed by atoms with Gasteiger partial charge in [-0.25, -0.2) is 0 Å². The first-order valence-corrected chi connectivity index (χ1v) is 10.3. The number of nitrogens with one attached hydrogen (secondary N) is 1. The summed E-state index contributed by atoms with van der Waals surface area (Å²) in [5.41, 5.74) is -2.61. The summed E-state index contributed by atoms with van der Waals surface area (Å²) < 4.78 is 83.1. The van der Waals surface area contributed by atoms with Crippen molar-refractivity contribution in [2.24, 2.45) is 0 Å². The van der Waals surface area contributed by atoms with Gasteiger partial charge >= 0.3 is 12.4 Å². The molecule has 0 heterocycles. The van der Waals surface area contributed by atoms with Gasteiger partial charge in [-0.2, -0.15) is 26.3 Å². The Morgan fingerprint density at radius 3 is 2.00 bits per heavy atom. The maximum Gasteiger partial charge on any atom is 0.416 e. The maximum atomic E-state index is 12.9. The van der Waals surface area contributed by atoms with E-state index < -0.39 is 29.4 Å². The molecule has 2 aromatic rings. The van der Waals surface area contributed by atoms with Crippen molar-refractivity contribution in [3.05, 3.63) is 64.7 Å². The monoisotopic (exact) mass is 461 g/mol. The Bertz CT molecular complexity index is 843. The van der Waals surface area contributed by atoms with Gasteiger partial charge in [-0.05, 0) is 60.9 Å². The second-order valence-electron chi connectivity index (χ2n) is 7.35. The summed E-state index contributed by atoms with van der Waals surface area (Å²) in [6.07, 6.45) is -5.72. The molecular formula is C23H25F6NO2. The minimum absolute atomic E-state index is 0.0789. The molecule has 0 aliphatic heterocycles. The molecule has 0 aliphatic rings. The van der Waals surface area contributed by atoms with Crippen LogP contribution >= 0.6 is 0 Å². The fourth-order valence-electron chi connectivity index (χ4n) is 3.01. The van der Waals surface area contributed by atoms with Gasteiger partial charge in [-0.15, -0.1) is 0 Å². The third-order valence-electron chi connectivity index (χ3n) is 4.73. The van der Waals surface area contributed by atoms with Gasteiger partial charge in [0.1, 0.15) is 5.75 Å². The van der Waals surface area contributed by atoms with Gasteiger partial charge < -0.3 is 10.1 Å². The van der Waals surface area contributed by atoms with Gasteiger partial charge in [0.2, 0.25) is 0 Å². The number of benzene rings is 2. The molecule has 32 heavy (non-hydrogen) atoms. The quantitative estimate of drug-likeness (QED) is 0.318. The van der Waals surface area contributed by atoms with Crippen LogP contribution in [0, 0.1) is 0 Å². The predicted octanol–water partition coefficient (Wildman–Crippen LogP) is 6.66. The van der Waals surface area contributed by atoms with Crippen molar-refractivity contribution in [2.45, 2.75) is 51.4 Å². The van der Waals surface area contributed by atoms with Crippen LogP contribution in [0.25, 0.3) is 0 Å². The summed E-state index contributed by atoms with van der Waals surface area (Å²) in [5.74, 6) is 0.129. The summed E-state index contributed by atoms with van der Waals surface area (Å²) in [6, 6.07) is 7.76. The molecule has 0 unspecified atom stereocenters. The van der Waals surface area contributed by atoms with E-state index in [9.17, 15) is 31.1 Å². The van der Waals surface area contributed by atoms with Crippen LogP contribution in [-0.2, 0) is 18.8 Å². The molecule has 0 saturated heterocycles. The van der Waals surface area contributed by atoms with Crippen LogP contribution in [0.1, 0.15) is 59.7 Å². The van der Waals surface area contributed by atoms with Gasteiger partial charge in [0.05, 0.1) is 17.7 Å². The first-order chi connectivity index (χ1) is 15.0. The van der Waals surface area contributed by atoms with Crippen molar-refractivity contribution < 1.29 is 35.9 Å². The zero-order valence-corrected chi connectivity index (χ0v) is 17.6. The number of hydrogen-bond acceptors (Lipinski definition) is 2. The zero-order valence-electron chi connectivity index (χ0n) is 17.6. The van der Waals surface area contributed by atoms with Crippen molar-refractivity contribution in [3.63, 3.8) is 0 Å². The molecule has 0 saturated carbocycles. The fourth-order valence-corrected chi connectivity index (χ4v) is 3.01. The number of rotatable bonds is 10. The van der Waals surface area contributed by atoms with Crippen LogP contribution < -0.4 is 10.1 Å². The number of unbranched alkanes of at least 4 members (excludes halogenated alkanes) is 3. The van der Waals surface area contributed by atoms with Crippen LogP contribution in [0.5, 0.6) is 5.75 Å². The lowest BCUT2D eigenvalue weighted by Gasteiger charge is -2.14. The van der Waals surface area contributed by atoms with Crippen LogP contribution in [0.4, 0.5) is 26.3 Å². The normalized spacial score (nSPS) is 12.0. The molecule has 0 aliphatic carbocycles. The highest BCUT2D eigenvalue weighted by Gasteiger charge is 2.36. The Morgan fingerprint density at radius 2 is 1.47 bits per heavy atom. The van der Waals surface area contributed by atoms with Crippen LogP contribution in [0.2, 0.25) is 0 Å². The Kier molecular flexibility index (Phi) is 8.98. The van der Waals surface area contributed by atoms with E-state index in [1.807, 2.05) is 0 Å². The molecule has 0 aromatic heterocycles. The Labute approximate surface area is 182 Å². The van der Waals surface area contributed by atoms with E-state index in [4.69, 9.17) is 4.74 Å². The summed E-state index contributed by atoms with van der Waals surface area (Å²) in [7, 11) is 0. The average molecular weight is 461 g/mol. The van der Waals surface area contributed by atoms with Gasteiger partial charge in [0.15, 0.2) is 0 Å². The molecule has 1 N–H and O–H groups in total. The largest absolute Gasteiger partial charge is 0.494 e. The van der Waals surface area contributed by atoms with Crippen molar-refractivity contribution in [3.8, 4) is 5.75 Å². The smallest absolute Gasteiger partial charge is 0.416 e. The van der Waals surface area contributed by atoms with Crippen molar-refractivity contribution in [2.75, 3.05) is 13.2 Å². The molecule has 9 heteroatoms. The fraction of sp³-hybridized carbons (Fsp3) is 0.435. The van der Waals surface area contributed by atoms with Crippen molar-refractivity contribution >= 4 is 5.91 Å². The summed E-state index contributed by atoms with van der Waals surface area (Å²) in [4.78, 5) is 12.2. The molecule has 3 nitrogen and oxygen atoms in total. The SMILES string of the molecule is CCCCCCOc1ccc(C(=O)NCCc2cc(C(F)(F)F)cc(C(F)(F)F)c2)cc1.